The predicted molar refractivity (Wildman–Crippen MR) is 151 cm³/mol. The number of nitrogens with two attached hydrogens (primary N) is 1. The maximum atomic E-state index is 11.4. The van der Waals surface area contributed by atoms with Gasteiger partial charge in [-0.15, -0.1) is 0 Å². The molecule has 1 amide bonds. The summed E-state index contributed by atoms with van der Waals surface area (Å²) in [5, 5.41) is 2.63. The molecule has 0 saturated carbocycles. The van der Waals surface area contributed by atoms with Gasteiger partial charge in [0.05, 0.1) is 9.79 Å². The third-order valence-corrected chi connectivity index (χ3v) is 6.48. The van der Waals surface area contributed by atoms with Crippen LogP contribution >= 0.6 is 18.6 Å². The molecule has 2 aromatic rings. The summed E-state index contributed by atoms with van der Waals surface area (Å²) in [4.78, 5) is 20.5. The van der Waals surface area contributed by atoms with E-state index in [4.69, 9.17) is 11.1 Å². The molecule has 0 aromatic heterocycles. The summed E-state index contributed by atoms with van der Waals surface area (Å²) in [5.74, 6) is 1.45. The Morgan fingerprint density at radius 2 is 1.40 bits per heavy atom. The average molecular weight is 765 g/mol. The minimum absolute atomic E-state index is 0. The summed E-state index contributed by atoms with van der Waals surface area (Å²) in [6, 6.07) is 12.0. The first kappa shape index (κ1) is 35.6. The molecule has 0 radical (unpaired) electrons. The fourth-order valence-corrected chi connectivity index (χ4v) is 3.31. The molecule has 0 spiro atoms. The maximum absolute atomic E-state index is 11.4. The van der Waals surface area contributed by atoms with E-state index in [2.05, 4.69) is 33.4 Å². The van der Waals surface area contributed by atoms with Crippen LogP contribution in [0.5, 0.6) is 0 Å². The Kier molecular flexibility index (Phi) is 21.0. The number of allylic oxidation sites excluding steroid dienone is 1. The quantitative estimate of drug-likeness (QED) is 0.186. The van der Waals surface area contributed by atoms with Crippen LogP contribution in [0.15, 0.2) is 64.4 Å². The van der Waals surface area contributed by atoms with Crippen LogP contribution in [-0.2, 0) is 29.6 Å². The van der Waals surface area contributed by atoms with E-state index in [0.29, 0.717) is 17.8 Å². The first-order valence-corrected chi connectivity index (χ1v) is 18.6. The van der Waals surface area contributed by atoms with Crippen molar-refractivity contribution in [3.05, 3.63) is 54.6 Å². The number of hydrogen-bond donors (Lipinski definition) is 4. The Labute approximate surface area is 235 Å². The van der Waals surface area contributed by atoms with Crippen molar-refractivity contribution in [3.8, 4) is 0 Å². The van der Waals surface area contributed by atoms with Crippen molar-refractivity contribution in [3.63, 3.8) is 0 Å². The smallest absolute Gasteiger partial charge is 0 e. The molecular weight excluding hydrogens is 722 g/mol. The maximum Gasteiger partial charge on any atom is 0 e. The molecule has 35 heavy (non-hydrogen) atoms. The molecule has 0 fully saturated rings. The van der Waals surface area contributed by atoms with Crippen molar-refractivity contribution < 1.29 is 47.7 Å². The van der Waals surface area contributed by atoms with Gasteiger partial charge >= 0.3 is 37.6 Å². The van der Waals surface area contributed by atoms with E-state index in [1.54, 1.807) is 44.1 Å². The van der Waals surface area contributed by atoms with Gasteiger partial charge in [0.2, 0.25) is 26.0 Å². The second-order valence-electron chi connectivity index (χ2n) is 5.82. The van der Waals surface area contributed by atoms with Crippen molar-refractivity contribution in [1.82, 2.24) is 9.44 Å². The van der Waals surface area contributed by atoms with E-state index in [1.807, 2.05) is 0 Å². The SMILES string of the molecule is C.CC=C=O.CCC(=O)Nc1ccc(S(=O)(=O)NC)cc1.CNS(=O)(=O)c1ccc(N)cc1.[2H][I-]I.[3HH].[3HH]. The monoisotopic (exact) mass is 764 g/mol. The van der Waals surface area contributed by atoms with Gasteiger partial charge in [-0.05, 0) is 75.6 Å². The zero-order valence-corrected chi connectivity index (χ0v) is 25.0. The molecule has 0 atom stereocenters. The van der Waals surface area contributed by atoms with Crippen LogP contribution in [0, 0.1) is 0 Å². The second-order valence-corrected chi connectivity index (χ2v) is 9.59. The Bertz CT molecular complexity index is 1150. The first-order chi connectivity index (χ1) is 16.4. The van der Waals surface area contributed by atoms with Crippen molar-refractivity contribution in [2.45, 2.75) is 37.5 Å². The molecule has 14 heteroatoms. The standard InChI is InChI=1S/C10H14N2O3S.C7H10N2O2S.C3H4O.CH4.HI2.2H2/c1-3-10(13)12-8-4-6-9(7-5-8)16(14,15)11-2;1-9-12(10,11)7-4-2-6(8)3-5-7;1-2-3-4;;1-2;;/h4-7,11H,3H2,1-2H3,(H,12,13);2-5,9H,8H2,1H3;2H,1H3;1H4;1H;2*1H/q;;;;-1;;/i;;;;1D;2*1+2. The van der Waals surface area contributed by atoms with Gasteiger partial charge in [0.25, 0.3) is 0 Å². The number of sulfonamides is 2. The van der Waals surface area contributed by atoms with Crippen molar-refractivity contribution in [1.29, 1.82) is 0.594 Å². The summed E-state index contributed by atoms with van der Waals surface area (Å²) in [7, 11) is -4.02. The van der Waals surface area contributed by atoms with Crippen LogP contribution in [0.3, 0.4) is 0 Å². The topological polar surface area (TPSA) is 165 Å². The molecule has 204 valence electrons. The van der Waals surface area contributed by atoms with Gasteiger partial charge in [-0.2, -0.15) is 0 Å². The number of anilines is 2. The summed E-state index contributed by atoms with van der Waals surface area (Å²) in [6.07, 6.45) is 1.70. The van der Waals surface area contributed by atoms with Crippen LogP contribution in [0.25, 0.3) is 0 Å². The fourth-order valence-electron chi connectivity index (χ4n) is 1.85. The number of carbonyl (C=O) groups excluding carboxylic acids is 2. The van der Waals surface area contributed by atoms with Gasteiger partial charge in [0, 0.05) is 20.6 Å². The van der Waals surface area contributed by atoms with E-state index >= 15 is 0 Å². The molecule has 0 aliphatic carbocycles. The predicted octanol–water partition coefficient (Wildman–Crippen LogP) is 0.264. The van der Waals surface area contributed by atoms with E-state index in [-0.39, 0.29) is 44.4 Å². The van der Waals surface area contributed by atoms with E-state index in [0.717, 1.165) is 0 Å². The molecule has 0 saturated heterocycles. The largest absolute Gasteiger partial charge is 0 e. The Morgan fingerprint density at radius 3 is 1.69 bits per heavy atom. The number of rotatable bonds is 6. The summed E-state index contributed by atoms with van der Waals surface area (Å²) in [6.45, 7) is 3.38. The number of nitrogens with one attached hydrogen (secondary N) is 3. The van der Waals surface area contributed by atoms with Crippen LogP contribution < -0.4 is 38.9 Å². The van der Waals surface area contributed by atoms with Gasteiger partial charge < -0.3 is 11.1 Å². The third-order valence-electron chi connectivity index (χ3n) is 3.62. The molecule has 10 nitrogen and oxygen atoms in total. The summed E-state index contributed by atoms with van der Waals surface area (Å²) in [5.41, 5.74) is 6.53. The Hall–Kier alpha value is -1.56. The normalized spacial score (nSPS) is 10.1. The van der Waals surface area contributed by atoms with Crippen LogP contribution in [-0.4, -0.2) is 43.4 Å². The van der Waals surface area contributed by atoms with E-state index < -0.39 is 20.0 Å². The second kappa shape index (κ2) is 20.6. The molecule has 5 N–H and O–H groups in total. The number of nitrogen functional groups attached to an aromatic ring is 1. The van der Waals surface area contributed by atoms with Crippen LogP contribution in [0.4, 0.5) is 11.4 Å². The fraction of sp³-hybridized carbons (Fsp3) is 0.286. The van der Waals surface area contributed by atoms with Gasteiger partial charge in [0.15, 0.2) is 0 Å². The first-order valence-electron chi connectivity index (χ1n) is 9.77. The van der Waals surface area contributed by atoms with E-state index in [1.165, 1.54) is 44.4 Å². The van der Waals surface area contributed by atoms with Crippen molar-refractivity contribution >= 4 is 61.9 Å². The average Bonchev–Trinajstić information content (AvgIpc) is 2.85. The van der Waals surface area contributed by atoms with Gasteiger partial charge in [-0.25, -0.2) is 31.1 Å². The molecule has 0 unspecified atom stereocenters. The van der Waals surface area contributed by atoms with Crippen LogP contribution in [0.1, 0.15) is 30.5 Å². The molecule has 0 aliphatic rings. The number of amides is 1. The molecule has 0 heterocycles. The van der Waals surface area contributed by atoms with Crippen LogP contribution in [0.2, 0.25) is 0 Å². The Morgan fingerprint density at radius 1 is 1.06 bits per heavy atom. The van der Waals surface area contributed by atoms with Gasteiger partial charge in [-0.1, -0.05) is 14.4 Å². The van der Waals surface area contributed by atoms with E-state index in [9.17, 15) is 21.6 Å². The minimum atomic E-state index is -3.41. The third kappa shape index (κ3) is 15.9. The molecule has 2 aromatic carbocycles. The summed E-state index contributed by atoms with van der Waals surface area (Å²) < 4.78 is 55.8. The van der Waals surface area contributed by atoms with Crippen molar-refractivity contribution in [2.75, 3.05) is 25.1 Å². The zero-order chi connectivity index (χ0) is 27.5. The van der Waals surface area contributed by atoms with Gasteiger partial charge in [0.1, 0.15) is 5.94 Å². The number of benzene rings is 2. The summed E-state index contributed by atoms with van der Waals surface area (Å²) >= 11 is 1.88. The minimum Gasteiger partial charge on any atom is 0 e. The number of carbonyl (C=O) groups is 1. The molecule has 0 aliphatic heterocycles. The number of halogens is 2. The van der Waals surface area contributed by atoms with Gasteiger partial charge in [-0.3, -0.25) is 4.79 Å². The molecular formula is C21H37I2N4O6S2-. The molecule has 0 bridgehead atoms. The number of hydrogen-bond acceptors (Lipinski definition) is 7. The molecule has 2 rings (SSSR count). The van der Waals surface area contributed by atoms with Crippen molar-refractivity contribution in [2.24, 2.45) is 0 Å². The Balaban J connectivity index is -0.000000147. The zero-order valence-electron chi connectivity index (χ0n) is 20.0.